The van der Waals surface area contributed by atoms with E-state index >= 15 is 0 Å². The fraction of sp³-hybridized carbons (Fsp3) is 0. The molecule has 2 aromatic carbocycles. The molecule has 0 fully saturated rings. The highest BCUT2D eigenvalue weighted by Crippen LogP contribution is 2.07. The van der Waals surface area contributed by atoms with Crippen molar-refractivity contribution in [1.29, 1.82) is 0 Å². The number of hydrogen-bond acceptors (Lipinski definition) is 6. The molecule has 0 aliphatic carbocycles. The maximum absolute atomic E-state index is 11.4. The Kier molecular flexibility index (Phi) is 9.82. The summed E-state index contributed by atoms with van der Waals surface area (Å²) in [6.07, 6.45) is 0. The van der Waals surface area contributed by atoms with E-state index in [0.29, 0.717) is 0 Å². The third kappa shape index (κ3) is 8.74. The monoisotopic (exact) mass is 450 g/mol. The number of hydrogen-bond donors (Lipinski definition) is 4. The van der Waals surface area contributed by atoms with E-state index < -0.39 is 20.0 Å². The first-order valence-corrected chi connectivity index (χ1v) is 10.6. The molecule has 148 valence electrons. The molecular weight excluding hydrogens is 432 g/mol. The molecule has 0 aliphatic heterocycles. The van der Waals surface area contributed by atoms with Crippen LogP contribution in [0.2, 0.25) is 0 Å². The second-order valence-corrected chi connectivity index (χ2v) is 8.81. The van der Waals surface area contributed by atoms with E-state index in [4.69, 9.17) is 11.5 Å². The fourth-order valence-electron chi connectivity index (χ4n) is 1.58. The minimum absolute atomic E-state index is 0. The van der Waals surface area contributed by atoms with Crippen molar-refractivity contribution in [3.63, 3.8) is 0 Å². The minimum Gasteiger partial charge on any atom is -0.412 e. The van der Waals surface area contributed by atoms with Crippen molar-refractivity contribution in [1.82, 2.24) is 9.44 Å². The predicted octanol–water partition coefficient (Wildman–Crippen LogP) is -0.408. The van der Waals surface area contributed by atoms with Gasteiger partial charge in [-0.2, -0.15) is 0 Å². The Morgan fingerprint density at radius 1 is 0.667 bits per heavy atom. The predicted molar refractivity (Wildman–Crippen MR) is 111 cm³/mol. The summed E-state index contributed by atoms with van der Waals surface area (Å²) in [5.41, 5.74) is 10.1. The molecule has 0 radical (unpaired) electrons. The molecule has 2 aromatic rings. The van der Waals surface area contributed by atoms with Crippen LogP contribution in [0.15, 0.2) is 70.5 Å². The normalized spacial score (nSPS) is 10.4. The average molecular weight is 451 g/mol. The van der Waals surface area contributed by atoms with Gasteiger partial charge in [0.25, 0.3) is 20.0 Å². The molecular formula is C14H18N4O5S4. The highest BCUT2D eigenvalue weighted by molar-refractivity contribution is 7.92. The van der Waals surface area contributed by atoms with Crippen molar-refractivity contribution >= 4 is 54.7 Å². The van der Waals surface area contributed by atoms with Crippen LogP contribution in [0.1, 0.15) is 0 Å². The molecule has 0 amide bonds. The second-order valence-electron chi connectivity index (χ2n) is 4.57. The van der Waals surface area contributed by atoms with Gasteiger partial charge in [-0.05, 0) is 48.7 Å². The SMILES string of the molecule is NC(=S)NS(=O)(=O)c1ccccc1.NC(=S)NS(=O)(=O)c1ccccc1.O. The number of nitrogens with one attached hydrogen (secondary N) is 2. The van der Waals surface area contributed by atoms with Crippen LogP contribution in [-0.2, 0) is 20.0 Å². The number of thiocarbonyl (C=S) groups is 2. The van der Waals surface area contributed by atoms with E-state index in [0.717, 1.165) is 0 Å². The summed E-state index contributed by atoms with van der Waals surface area (Å²) in [6.45, 7) is 0. The molecule has 0 saturated carbocycles. The van der Waals surface area contributed by atoms with E-state index in [1.165, 1.54) is 24.3 Å². The minimum atomic E-state index is -3.58. The first-order valence-electron chi connectivity index (χ1n) is 6.79. The molecule has 0 spiro atoms. The van der Waals surface area contributed by atoms with Crippen molar-refractivity contribution in [3.05, 3.63) is 60.7 Å². The Morgan fingerprint density at radius 2 is 0.926 bits per heavy atom. The Labute approximate surface area is 168 Å². The molecule has 0 saturated heterocycles. The van der Waals surface area contributed by atoms with Crippen molar-refractivity contribution in [3.8, 4) is 0 Å². The van der Waals surface area contributed by atoms with Crippen molar-refractivity contribution < 1.29 is 22.3 Å². The van der Waals surface area contributed by atoms with Gasteiger partial charge >= 0.3 is 0 Å². The van der Waals surface area contributed by atoms with Crippen LogP contribution >= 0.6 is 24.4 Å². The van der Waals surface area contributed by atoms with Gasteiger partial charge in [0, 0.05) is 0 Å². The lowest BCUT2D eigenvalue weighted by molar-refractivity contribution is 0.591. The number of sulfonamides is 2. The maximum atomic E-state index is 11.4. The summed E-state index contributed by atoms with van der Waals surface area (Å²) in [6, 6.07) is 15.8. The van der Waals surface area contributed by atoms with Crippen molar-refractivity contribution in [2.45, 2.75) is 9.79 Å². The van der Waals surface area contributed by atoms with Gasteiger partial charge in [-0.25, -0.2) is 16.8 Å². The third-order valence-electron chi connectivity index (χ3n) is 2.58. The smallest absolute Gasteiger partial charge is 0.263 e. The lowest BCUT2D eigenvalue weighted by atomic mass is 10.4. The summed E-state index contributed by atoms with van der Waals surface area (Å²) in [5.74, 6) is 0. The van der Waals surface area contributed by atoms with Crippen LogP contribution in [0.3, 0.4) is 0 Å². The summed E-state index contributed by atoms with van der Waals surface area (Å²) >= 11 is 8.86. The summed E-state index contributed by atoms with van der Waals surface area (Å²) in [7, 11) is -7.15. The second kappa shape index (κ2) is 10.7. The van der Waals surface area contributed by atoms with Crippen LogP contribution in [0.4, 0.5) is 0 Å². The first kappa shape index (κ1) is 24.7. The zero-order chi connectivity index (χ0) is 19.8. The molecule has 0 bridgehead atoms. The number of benzene rings is 2. The molecule has 0 unspecified atom stereocenters. The molecule has 0 aliphatic rings. The molecule has 8 N–H and O–H groups in total. The van der Waals surface area contributed by atoms with E-state index in [-0.39, 0.29) is 25.5 Å². The first-order chi connectivity index (χ1) is 12.0. The Morgan fingerprint density at radius 3 is 1.15 bits per heavy atom. The van der Waals surface area contributed by atoms with Crippen LogP contribution in [0, 0.1) is 0 Å². The van der Waals surface area contributed by atoms with Crippen molar-refractivity contribution in [2.75, 3.05) is 0 Å². The lowest BCUT2D eigenvalue weighted by Crippen LogP contribution is -2.34. The van der Waals surface area contributed by atoms with Crippen molar-refractivity contribution in [2.24, 2.45) is 11.5 Å². The molecule has 13 heteroatoms. The Hall–Kier alpha value is -2.32. The van der Waals surface area contributed by atoms with Gasteiger partial charge in [0.15, 0.2) is 10.2 Å². The highest BCUT2D eigenvalue weighted by Gasteiger charge is 2.13. The summed E-state index contributed by atoms with van der Waals surface area (Å²) < 4.78 is 49.5. The van der Waals surface area contributed by atoms with Gasteiger partial charge in [0.1, 0.15) is 0 Å². The zero-order valence-corrected chi connectivity index (χ0v) is 17.0. The molecule has 2 rings (SSSR count). The largest absolute Gasteiger partial charge is 0.412 e. The zero-order valence-electron chi connectivity index (χ0n) is 13.7. The summed E-state index contributed by atoms with van der Waals surface area (Å²) in [5, 5.41) is -0.521. The molecule has 0 aromatic heterocycles. The van der Waals surface area contributed by atoms with E-state index in [9.17, 15) is 16.8 Å². The maximum Gasteiger partial charge on any atom is 0.263 e. The molecule has 0 atom stereocenters. The molecule has 0 heterocycles. The van der Waals surface area contributed by atoms with Crippen LogP contribution in [0.25, 0.3) is 0 Å². The van der Waals surface area contributed by atoms with Gasteiger partial charge in [-0.15, -0.1) is 0 Å². The van der Waals surface area contributed by atoms with Crippen LogP contribution in [0.5, 0.6) is 0 Å². The quantitative estimate of drug-likeness (QED) is 0.454. The van der Waals surface area contributed by atoms with Crippen LogP contribution < -0.4 is 20.9 Å². The number of rotatable bonds is 4. The third-order valence-corrected chi connectivity index (χ3v) is 5.80. The fourth-order valence-corrected chi connectivity index (χ4v) is 4.04. The Bertz CT molecular complexity index is 884. The van der Waals surface area contributed by atoms with E-state index in [1.54, 1.807) is 36.4 Å². The average Bonchev–Trinajstić information content (AvgIpc) is 2.55. The van der Waals surface area contributed by atoms with Gasteiger partial charge in [0.2, 0.25) is 0 Å². The van der Waals surface area contributed by atoms with Gasteiger partial charge in [0.05, 0.1) is 9.79 Å². The van der Waals surface area contributed by atoms with Crippen LogP contribution in [-0.4, -0.2) is 32.5 Å². The van der Waals surface area contributed by atoms with E-state index in [2.05, 4.69) is 24.4 Å². The summed E-state index contributed by atoms with van der Waals surface area (Å²) in [4.78, 5) is 0.283. The molecule has 9 nitrogen and oxygen atoms in total. The lowest BCUT2D eigenvalue weighted by Gasteiger charge is -2.04. The molecule has 27 heavy (non-hydrogen) atoms. The van der Waals surface area contributed by atoms with Gasteiger partial charge in [-0.1, -0.05) is 36.4 Å². The Balaban J connectivity index is 0.000000483. The van der Waals surface area contributed by atoms with E-state index in [1.807, 2.05) is 9.44 Å². The standard InChI is InChI=1S/2C7H8N2O2S2.H2O/c2*8-7(12)9-13(10,11)6-4-2-1-3-5-6;/h2*1-5H,(H3,8,9,12);1H2. The number of nitrogens with two attached hydrogens (primary N) is 2. The highest BCUT2D eigenvalue weighted by atomic mass is 32.2. The van der Waals surface area contributed by atoms with Gasteiger partial charge < -0.3 is 16.9 Å². The topological polar surface area (TPSA) is 176 Å². The van der Waals surface area contributed by atoms with Gasteiger partial charge in [-0.3, -0.25) is 9.44 Å².